The molecule has 2 aromatic carbocycles. The molecule has 0 aliphatic carbocycles. The Bertz CT molecular complexity index is 1440. The number of pyridine rings is 2. The third-order valence-electron chi connectivity index (χ3n) is 8.21. The number of nitrogens with zero attached hydrogens (tertiary/aromatic N) is 4. The minimum absolute atomic E-state index is 0.167. The summed E-state index contributed by atoms with van der Waals surface area (Å²) in [5, 5.41) is 3.07. The molecule has 0 spiro atoms. The van der Waals surface area contributed by atoms with E-state index in [1.165, 1.54) is 12.1 Å². The summed E-state index contributed by atoms with van der Waals surface area (Å²) in [6, 6.07) is 22.7. The molecule has 2 heterocycles. The number of carbonyl (C=O) groups is 2. The van der Waals surface area contributed by atoms with E-state index in [0.717, 1.165) is 35.1 Å². The Hall–Kier alpha value is -4.59. The lowest BCUT2D eigenvalue weighted by Gasteiger charge is -2.37. The largest absolute Gasteiger partial charge is 0.334 e. The molecule has 7 nitrogen and oxygen atoms in total. The fourth-order valence-corrected chi connectivity index (χ4v) is 5.20. The van der Waals surface area contributed by atoms with Gasteiger partial charge in [0, 0.05) is 56.4 Å². The van der Waals surface area contributed by atoms with Crippen LogP contribution in [0.25, 0.3) is 0 Å². The van der Waals surface area contributed by atoms with E-state index in [4.69, 9.17) is 0 Å². The average molecular weight is 610 g/mol. The summed E-state index contributed by atoms with van der Waals surface area (Å²) in [6.07, 6.45) is 10.4. The number of aromatic nitrogens is 2. The van der Waals surface area contributed by atoms with Crippen molar-refractivity contribution in [2.45, 2.75) is 77.0 Å². The van der Waals surface area contributed by atoms with E-state index in [2.05, 4.69) is 15.3 Å². The zero-order valence-electron chi connectivity index (χ0n) is 26.7. The summed E-state index contributed by atoms with van der Waals surface area (Å²) in [5.74, 6) is -0.503. The smallest absolute Gasteiger partial charge is 0.318 e. The third-order valence-corrected chi connectivity index (χ3v) is 8.21. The molecule has 4 aromatic rings. The van der Waals surface area contributed by atoms with Crippen molar-refractivity contribution in [2.75, 3.05) is 7.05 Å². The first-order valence-electron chi connectivity index (χ1n) is 15.5. The molecule has 0 radical (unpaired) electrons. The van der Waals surface area contributed by atoms with Crippen LogP contribution in [0.4, 0.5) is 9.18 Å². The topological polar surface area (TPSA) is 78.4 Å². The van der Waals surface area contributed by atoms with Gasteiger partial charge >= 0.3 is 6.03 Å². The summed E-state index contributed by atoms with van der Waals surface area (Å²) in [5.41, 5.74) is 3.60. The van der Waals surface area contributed by atoms with E-state index >= 15 is 0 Å². The highest BCUT2D eigenvalue weighted by molar-refractivity contribution is 5.87. The molecule has 236 valence electrons. The first-order chi connectivity index (χ1) is 21.6. The van der Waals surface area contributed by atoms with Crippen LogP contribution in [-0.4, -0.2) is 56.4 Å². The molecule has 0 aliphatic rings. The second-order valence-corrected chi connectivity index (χ2v) is 12.5. The summed E-state index contributed by atoms with van der Waals surface area (Å²) in [7, 11) is 1.74. The fraction of sp³-hybridized carbons (Fsp3) is 0.351. The summed E-state index contributed by atoms with van der Waals surface area (Å²) in [4.78, 5) is 40.1. The molecule has 0 saturated heterocycles. The predicted molar refractivity (Wildman–Crippen MR) is 176 cm³/mol. The van der Waals surface area contributed by atoms with E-state index in [-0.39, 0.29) is 30.3 Å². The van der Waals surface area contributed by atoms with Crippen molar-refractivity contribution in [3.8, 4) is 0 Å². The normalized spacial score (nSPS) is 12.0. The van der Waals surface area contributed by atoms with E-state index in [1.54, 1.807) is 48.9 Å². The molecule has 4 rings (SSSR count). The number of benzene rings is 2. The summed E-state index contributed by atoms with van der Waals surface area (Å²) >= 11 is 0. The van der Waals surface area contributed by atoms with Gasteiger partial charge in [-0.1, -0.05) is 42.5 Å². The van der Waals surface area contributed by atoms with Gasteiger partial charge in [-0.3, -0.25) is 14.8 Å². The molecule has 0 bridgehead atoms. The van der Waals surface area contributed by atoms with Gasteiger partial charge in [-0.05, 0) is 105 Å². The summed E-state index contributed by atoms with van der Waals surface area (Å²) < 4.78 is 13.9. The van der Waals surface area contributed by atoms with Crippen LogP contribution in [0.3, 0.4) is 0 Å². The molecule has 0 aliphatic heterocycles. The molecule has 0 fully saturated rings. The third kappa shape index (κ3) is 10.2. The van der Waals surface area contributed by atoms with E-state index in [0.29, 0.717) is 19.3 Å². The maximum Gasteiger partial charge on any atom is 0.318 e. The van der Waals surface area contributed by atoms with Gasteiger partial charge in [0.1, 0.15) is 11.9 Å². The van der Waals surface area contributed by atoms with Crippen LogP contribution in [0.15, 0.2) is 104 Å². The second-order valence-electron chi connectivity index (χ2n) is 12.5. The van der Waals surface area contributed by atoms with Crippen molar-refractivity contribution in [3.05, 3.63) is 132 Å². The van der Waals surface area contributed by atoms with Crippen LogP contribution >= 0.6 is 0 Å². The molecular formula is C37H44FN5O2. The van der Waals surface area contributed by atoms with Gasteiger partial charge in [-0.25, -0.2) is 9.18 Å². The molecule has 45 heavy (non-hydrogen) atoms. The Balaban J connectivity index is 1.71. The molecule has 1 N–H and O–H groups in total. The van der Waals surface area contributed by atoms with Crippen molar-refractivity contribution in [1.29, 1.82) is 0 Å². The van der Waals surface area contributed by atoms with Gasteiger partial charge < -0.3 is 15.1 Å². The number of amides is 3. The number of carbonyl (C=O) groups excluding carboxylic acids is 2. The van der Waals surface area contributed by atoms with Gasteiger partial charge in [-0.15, -0.1) is 0 Å². The number of hydrogen-bond donors (Lipinski definition) is 1. The van der Waals surface area contributed by atoms with Crippen molar-refractivity contribution in [3.63, 3.8) is 0 Å². The monoisotopic (exact) mass is 609 g/mol. The first-order valence-corrected chi connectivity index (χ1v) is 15.5. The second kappa shape index (κ2) is 15.9. The molecule has 8 heteroatoms. The van der Waals surface area contributed by atoms with Crippen LogP contribution in [0.2, 0.25) is 0 Å². The Morgan fingerprint density at radius 2 is 1.29 bits per heavy atom. The maximum atomic E-state index is 14.8. The Morgan fingerprint density at radius 3 is 1.80 bits per heavy atom. The lowest BCUT2D eigenvalue weighted by atomic mass is 9.96. The van der Waals surface area contributed by atoms with Crippen molar-refractivity contribution in [2.24, 2.45) is 0 Å². The standard InChI is InChI=1S/C37H44FN5O2/c1-37(2,3)42(4)36(45)41-34(26-30-8-6-5-7-9-30)35(44)43(27-31-10-14-32(38)15-11-31)33(16-12-28-18-22-39-23-19-28)17-13-29-20-24-40-25-21-29/h5-11,14-15,18-25,33-34H,12-13,16-17,26-27H2,1-4H3,(H,41,45)/t34-/m0/s1. The SMILES string of the molecule is CN(C(=O)N[C@@H](Cc1ccccc1)C(=O)N(Cc1ccc(F)cc1)C(CCc1ccncc1)CCc1ccncc1)C(C)(C)C. The van der Waals surface area contributed by atoms with Crippen LogP contribution in [0.5, 0.6) is 0 Å². The Kier molecular flexibility index (Phi) is 11.8. The zero-order valence-corrected chi connectivity index (χ0v) is 26.7. The molecular weight excluding hydrogens is 565 g/mol. The van der Waals surface area contributed by atoms with Crippen molar-refractivity contribution in [1.82, 2.24) is 25.1 Å². The molecule has 0 unspecified atom stereocenters. The molecule has 3 amide bonds. The zero-order chi connectivity index (χ0) is 32.2. The highest BCUT2D eigenvalue weighted by atomic mass is 19.1. The lowest BCUT2D eigenvalue weighted by molar-refractivity contribution is -0.136. The molecule has 0 saturated carbocycles. The Morgan fingerprint density at radius 1 is 0.756 bits per heavy atom. The van der Waals surface area contributed by atoms with Gasteiger partial charge in [0.15, 0.2) is 0 Å². The van der Waals surface area contributed by atoms with Gasteiger partial charge in [0.25, 0.3) is 0 Å². The van der Waals surface area contributed by atoms with Crippen LogP contribution in [0, 0.1) is 5.82 Å². The molecule has 2 aromatic heterocycles. The minimum Gasteiger partial charge on any atom is -0.334 e. The maximum absolute atomic E-state index is 14.8. The number of halogens is 1. The van der Waals surface area contributed by atoms with Gasteiger partial charge in [0.2, 0.25) is 5.91 Å². The van der Waals surface area contributed by atoms with E-state index < -0.39 is 11.6 Å². The van der Waals surface area contributed by atoms with Crippen LogP contribution < -0.4 is 5.32 Å². The first kappa shape index (κ1) is 33.3. The summed E-state index contributed by atoms with van der Waals surface area (Å²) in [6.45, 7) is 6.15. The number of aryl methyl sites for hydroxylation is 2. The Labute approximate surface area is 266 Å². The average Bonchev–Trinajstić information content (AvgIpc) is 3.05. The van der Waals surface area contributed by atoms with E-state index in [1.807, 2.05) is 80.3 Å². The van der Waals surface area contributed by atoms with Gasteiger partial charge in [-0.2, -0.15) is 0 Å². The minimum atomic E-state index is -0.811. The van der Waals surface area contributed by atoms with Crippen molar-refractivity contribution < 1.29 is 14.0 Å². The number of nitrogens with one attached hydrogen (secondary N) is 1. The highest BCUT2D eigenvalue weighted by Crippen LogP contribution is 2.22. The van der Waals surface area contributed by atoms with Crippen LogP contribution in [0.1, 0.15) is 55.9 Å². The predicted octanol–water partition coefficient (Wildman–Crippen LogP) is 6.63. The quantitative estimate of drug-likeness (QED) is 0.185. The van der Waals surface area contributed by atoms with Crippen LogP contribution in [-0.2, 0) is 30.6 Å². The van der Waals surface area contributed by atoms with E-state index in [9.17, 15) is 14.0 Å². The van der Waals surface area contributed by atoms with Crippen molar-refractivity contribution >= 4 is 11.9 Å². The number of hydrogen-bond acceptors (Lipinski definition) is 4. The number of rotatable bonds is 13. The van der Waals surface area contributed by atoms with Gasteiger partial charge in [0.05, 0.1) is 0 Å². The molecule has 1 atom stereocenters. The fourth-order valence-electron chi connectivity index (χ4n) is 5.20. The lowest BCUT2D eigenvalue weighted by Crippen LogP contribution is -2.57. The number of urea groups is 1. The highest BCUT2D eigenvalue weighted by Gasteiger charge is 2.33.